The van der Waals surface area contributed by atoms with Gasteiger partial charge in [-0.2, -0.15) is 18.4 Å². The quantitative estimate of drug-likeness (QED) is 0.725. The van der Waals surface area contributed by atoms with Gasteiger partial charge < -0.3 is 19.9 Å². The number of halogens is 4. The van der Waals surface area contributed by atoms with E-state index in [2.05, 4.69) is 5.32 Å². The molecular weight excluding hydrogens is 461 g/mol. The van der Waals surface area contributed by atoms with Gasteiger partial charge in [-0.05, 0) is 36.4 Å². The molecule has 2 amide bonds. The Labute approximate surface area is 193 Å². The molecule has 2 aromatic carbocycles. The summed E-state index contributed by atoms with van der Waals surface area (Å²) in [6.07, 6.45) is -4.73. The van der Waals surface area contributed by atoms with Crippen molar-refractivity contribution in [2.24, 2.45) is 0 Å². The Hall–Kier alpha value is -3.45. The van der Waals surface area contributed by atoms with Crippen molar-refractivity contribution in [2.45, 2.75) is 12.2 Å². The van der Waals surface area contributed by atoms with Crippen LogP contribution in [0.25, 0.3) is 0 Å². The summed E-state index contributed by atoms with van der Waals surface area (Å²) in [5.41, 5.74) is -1.20. The van der Waals surface area contributed by atoms with E-state index < -0.39 is 35.2 Å². The molecule has 1 fully saturated rings. The van der Waals surface area contributed by atoms with Crippen LogP contribution in [0.4, 0.5) is 18.9 Å². The van der Waals surface area contributed by atoms with E-state index in [1.54, 1.807) is 12.1 Å². The highest BCUT2D eigenvalue weighted by Gasteiger charge is 2.38. The Morgan fingerprint density at radius 1 is 1.21 bits per heavy atom. The number of nitrogens with zero attached hydrogens (tertiary/aromatic N) is 3. The van der Waals surface area contributed by atoms with Crippen LogP contribution < -0.4 is 15.0 Å². The SMILES string of the molecule is CNC(=O)C1CN(C(=O)c2ccc(Cl)cc2OC)CCN1c1ccc(C#N)c(C(F)(F)F)c1. The van der Waals surface area contributed by atoms with E-state index in [-0.39, 0.29) is 36.6 Å². The monoisotopic (exact) mass is 480 g/mol. The lowest BCUT2D eigenvalue weighted by Gasteiger charge is -2.42. The number of piperazine rings is 1. The zero-order valence-electron chi connectivity index (χ0n) is 17.7. The fraction of sp³-hybridized carbons (Fsp3) is 0.318. The number of ether oxygens (including phenoxy) is 1. The van der Waals surface area contributed by atoms with Crippen LogP contribution in [-0.4, -0.2) is 56.5 Å². The van der Waals surface area contributed by atoms with Crippen molar-refractivity contribution in [3.63, 3.8) is 0 Å². The maximum atomic E-state index is 13.4. The van der Waals surface area contributed by atoms with Crippen LogP contribution in [0, 0.1) is 11.3 Å². The largest absolute Gasteiger partial charge is 0.496 e. The second kappa shape index (κ2) is 9.58. The van der Waals surface area contributed by atoms with Crippen LogP contribution in [0.5, 0.6) is 5.75 Å². The van der Waals surface area contributed by atoms with Crippen molar-refractivity contribution in [2.75, 3.05) is 38.7 Å². The van der Waals surface area contributed by atoms with Crippen LogP contribution in [-0.2, 0) is 11.0 Å². The molecule has 0 aliphatic carbocycles. The highest BCUT2D eigenvalue weighted by Crippen LogP contribution is 2.35. The third kappa shape index (κ3) is 4.98. The number of hydrogen-bond acceptors (Lipinski definition) is 5. The highest BCUT2D eigenvalue weighted by atomic mass is 35.5. The molecule has 0 spiro atoms. The van der Waals surface area contributed by atoms with E-state index >= 15 is 0 Å². The number of nitrogens with one attached hydrogen (secondary N) is 1. The van der Waals surface area contributed by atoms with E-state index in [1.807, 2.05) is 0 Å². The summed E-state index contributed by atoms with van der Waals surface area (Å²) in [5, 5.41) is 11.9. The normalized spacial score (nSPS) is 16.2. The molecule has 1 aliphatic heterocycles. The predicted octanol–water partition coefficient (Wildman–Crippen LogP) is 3.32. The number of nitriles is 1. The average molecular weight is 481 g/mol. The van der Waals surface area contributed by atoms with Gasteiger partial charge in [0, 0.05) is 30.8 Å². The number of likely N-dealkylation sites (N-methyl/N-ethyl adjacent to an activating group) is 1. The minimum atomic E-state index is -4.73. The molecule has 3 rings (SSSR count). The Morgan fingerprint density at radius 3 is 2.55 bits per heavy atom. The number of hydrogen-bond donors (Lipinski definition) is 1. The van der Waals surface area contributed by atoms with Crippen LogP contribution in [0.1, 0.15) is 21.5 Å². The lowest BCUT2D eigenvalue weighted by atomic mass is 10.0. The zero-order chi connectivity index (χ0) is 24.3. The van der Waals surface area contributed by atoms with Gasteiger partial charge in [0.2, 0.25) is 5.91 Å². The van der Waals surface area contributed by atoms with Gasteiger partial charge in [0.1, 0.15) is 11.8 Å². The molecule has 2 aromatic rings. The summed E-state index contributed by atoms with van der Waals surface area (Å²) < 4.78 is 45.5. The molecule has 1 aliphatic rings. The van der Waals surface area contributed by atoms with Crippen molar-refractivity contribution in [3.8, 4) is 11.8 Å². The zero-order valence-corrected chi connectivity index (χ0v) is 18.5. The van der Waals surface area contributed by atoms with E-state index in [4.69, 9.17) is 21.6 Å². The van der Waals surface area contributed by atoms with Crippen LogP contribution in [0.2, 0.25) is 5.02 Å². The summed E-state index contributed by atoms with van der Waals surface area (Å²) in [6.45, 7) is 0.189. The number of carbonyl (C=O) groups excluding carboxylic acids is 2. The van der Waals surface area contributed by atoms with Gasteiger partial charge in [-0.25, -0.2) is 0 Å². The summed E-state index contributed by atoms with van der Waals surface area (Å²) in [6, 6.07) is 8.45. The molecule has 0 radical (unpaired) electrons. The third-order valence-corrected chi connectivity index (χ3v) is 5.61. The van der Waals surface area contributed by atoms with E-state index in [9.17, 15) is 22.8 Å². The smallest absolute Gasteiger partial charge is 0.417 e. The molecule has 11 heteroatoms. The van der Waals surface area contributed by atoms with Crippen molar-refractivity contribution in [1.82, 2.24) is 10.2 Å². The number of alkyl halides is 3. The molecule has 1 unspecified atom stereocenters. The Morgan fingerprint density at radius 2 is 1.94 bits per heavy atom. The van der Waals surface area contributed by atoms with Crippen LogP contribution >= 0.6 is 11.6 Å². The fourth-order valence-electron chi connectivity index (χ4n) is 3.72. The summed E-state index contributed by atoms with van der Waals surface area (Å²) in [7, 11) is 2.81. The van der Waals surface area contributed by atoms with Gasteiger partial charge >= 0.3 is 6.18 Å². The van der Waals surface area contributed by atoms with Crippen LogP contribution in [0.15, 0.2) is 36.4 Å². The van der Waals surface area contributed by atoms with Gasteiger partial charge in [0.15, 0.2) is 0 Å². The lowest BCUT2D eigenvalue weighted by molar-refractivity contribution is -0.137. The molecule has 7 nitrogen and oxygen atoms in total. The Balaban J connectivity index is 1.94. The molecule has 174 valence electrons. The van der Waals surface area contributed by atoms with Crippen molar-refractivity contribution in [1.29, 1.82) is 5.26 Å². The number of rotatable bonds is 4. The number of benzene rings is 2. The average Bonchev–Trinajstić information content (AvgIpc) is 2.81. The van der Waals surface area contributed by atoms with Gasteiger partial charge in [0.25, 0.3) is 5.91 Å². The summed E-state index contributed by atoms with van der Waals surface area (Å²) in [4.78, 5) is 28.7. The second-order valence-corrected chi connectivity index (χ2v) is 7.70. The van der Waals surface area contributed by atoms with Gasteiger partial charge in [0.05, 0.1) is 36.4 Å². The maximum absolute atomic E-state index is 13.4. The minimum absolute atomic E-state index is 0.0638. The lowest BCUT2D eigenvalue weighted by Crippen LogP contribution is -2.60. The molecule has 0 saturated carbocycles. The number of methoxy groups -OCH3 is 1. The van der Waals surface area contributed by atoms with Gasteiger partial charge in [-0.15, -0.1) is 0 Å². The first-order valence-corrected chi connectivity index (χ1v) is 10.2. The third-order valence-electron chi connectivity index (χ3n) is 5.37. The predicted molar refractivity (Wildman–Crippen MR) is 115 cm³/mol. The van der Waals surface area contributed by atoms with Crippen LogP contribution in [0.3, 0.4) is 0 Å². The standard InChI is InChI=1S/C22H20ClF3N4O3/c1-28-20(31)18-12-29(21(32)16-6-4-14(23)9-19(16)33-2)7-8-30(18)15-5-3-13(11-27)17(10-15)22(24,25)26/h3-6,9-10,18H,7-8,12H2,1-2H3,(H,28,31). The van der Waals surface area contributed by atoms with Crippen molar-refractivity contribution >= 4 is 29.1 Å². The van der Waals surface area contributed by atoms with E-state index in [0.29, 0.717) is 5.02 Å². The van der Waals surface area contributed by atoms with E-state index in [1.165, 1.54) is 42.2 Å². The fourth-order valence-corrected chi connectivity index (χ4v) is 3.88. The molecule has 33 heavy (non-hydrogen) atoms. The summed E-state index contributed by atoms with van der Waals surface area (Å²) in [5.74, 6) is -0.588. The maximum Gasteiger partial charge on any atom is 0.417 e. The number of carbonyl (C=O) groups is 2. The Kier molecular flexibility index (Phi) is 7.03. The number of anilines is 1. The van der Waals surface area contributed by atoms with Crippen molar-refractivity contribution < 1.29 is 27.5 Å². The molecule has 1 heterocycles. The van der Waals surface area contributed by atoms with Gasteiger partial charge in [-0.3, -0.25) is 9.59 Å². The highest BCUT2D eigenvalue weighted by molar-refractivity contribution is 6.30. The molecule has 1 N–H and O–H groups in total. The van der Waals surface area contributed by atoms with E-state index in [0.717, 1.165) is 12.1 Å². The second-order valence-electron chi connectivity index (χ2n) is 7.26. The molecular formula is C22H20ClF3N4O3. The first-order valence-electron chi connectivity index (χ1n) is 9.83. The first-order chi connectivity index (χ1) is 15.6. The number of amides is 2. The van der Waals surface area contributed by atoms with Gasteiger partial charge in [-0.1, -0.05) is 11.6 Å². The van der Waals surface area contributed by atoms with Crippen molar-refractivity contribution in [3.05, 3.63) is 58.1 Å². The molecule has 0 bridgehead atoms. The molecule has 1 saturated heterocycles. The minimum Gasteiger partial charge on any atom is -0.496 e. The first kappa shape index (κ1) is 24.2. The topological polar surface area (TPSA) is 85.7 Å². The molecule has 0 aromatic heterocycles. The Bertz CT molecular complexity index is 1120. The summed E-state index contributed by atoms with van der Waals surface area (Å²) >= 11 is 5.96. The molecule has 1 atom stereocenters.